The molecule has 0 aliphatic heterocycles. The zero-order chi connectivity index (χ0) is 29.6. The fourth-order valence-electron chi connectivity index (χ4n) is 8.66. The monoisotopic (exact) mass is 694 g/mol. The van der Waals surface area contributed by atoms with Crippen molar-refractivity contribution in [1.29, 1.82) is 0 Å². The van der Waals surface area contributed by atoms with Gasteiger partial charge in [-0.2, -0.15) is 0 Å². The van der Waals surface area contributed by atoms with E-state index in [1.54, 1.807) is 18.2 Å². The first-order valence-electron chi connectivity index (χ1n) is 15.4. The van der Waals surface area contributed by atoms with Crippen molar-refractivity contribution < 1.29 is 34.4 Å². The highest BCUT2D eigenvalue weighted by Crippen LogP contribution is 2.60. The summed E-state index contributed by atoms with van der Waals surface area (Å²) in [4.78, 5) is 29.2. The van der Waals surface area contributed by atoms with E-state index < -0.39 is 18.2 Å². The van der Waals surface area contributed by atoms with E-state index in [4.69, 9.17) is 9.47 Å². The molecule has 3 atom stereocenters. The Labute approximate surface area is 261 Å². The maximum absolute atomic E-state index is 14.0. The van der Waals surface area contributed by atoms with Crippen LogP contribution in [0.2, 0.25) is 0 Å². The Bertz CT molecular complexity index is 1200. The number of halogens is 1. The van der Waals surface area contributed by atoms with Crippen LogP contribution in [0, 0.1) is 32.7 Å². The van der Waals surface area contributed by atoms with Crippen molar-refractivity contribution in [1.82, 2.24) is 10.2 Å². The highest BCUT2D eigenvalue weighted by Gasteiger charge is 2.54. The molecule has 3 unspecified atom stereocenters. The molecule has 0 spiro atoms. The first kappa shape index (κ1) is 30.1. The Morgan fingerprint density at radius 1 is 1.10 bits per heavy atom. The number of hydrogen-bond acceptors (Lipinski definition) is 7. The van der Waals surface area contributed by atoms with Crippen molar-refractivity contribution in [2.45, 2.75) is 82.6 Å². The first-order chi connectivity index (χ1) is 20.2. The second kappa shape index (κ2) is 12.2. The first-order valence-corrected chi connectivity index (χ1v) is 16.5. The number of rotatable bonds is 11. The molecule has 2 amide bonds. The number of carbonyl (C=O) groups excluding carboxylic acids is 2. The summed E-state index contributed by atoms with van der Waals surface area (Å²) in [6.07, 6.45) is 8.99. The van der Waals surface area contributed by atoms with Crippen LogP contribution < -0.4 is 14.8 Å². The Hall–Kier alpha value is -1.89. The number of methoxy groups -OCH3 is 1. The predicted octanol–water partition coefficient (Wildman–Crippen LogP) is 3.16. The molecule has 4 N–H and O–H groups in total. The molecule has 42 heavy (non-hydrogen) atoms. The van der Waals surface area contributed by atoms with Crippen LogP contribution in [-0.2, 0) is 16.2 Å². The van der Waals surface area contributed by atoms with Gasteiger partial charge < -0.3 is 35.0 Å². The number of nitrogens with zero attached hydrogens (tertiary/aromatic N) is 1. The average Bonchev–Trinajstić information content (AvgIpc) is 3.81. The van der Waals surface area contributed by atoms with Gasteiger partial charge in [-0.15, -0.1) is 0 Å². The molecule has 0 heterocycles. The van der Waals surface area contributed by atoms with Gasteiger partial charge in [0.15, 0.2) is 11.5 Å². The van der Waals surface area contributed by atoms with Gasteiger partial charge in [-0.3, -0.25) is 9.59 Å². The van der Waals surface area contributed by atoms with E-state index in [2.05, 4.69) is 27.9 Å². The lowest BCUT2D eigenvalue weighted by atomic mass is 9.49. The van der Waals surface area contributed by atoms with E-state index in [1.165, 1.54) is 26.4 Å². The molecule has 10 heteroatoms. The van der Waals surface area contributed by atoms with Crippen LogP contribution in [0.5, 0.6) is 11.5 Å². The number of nitrogens with one attached hydrogen (secondary N) is 1. The van der Waals surface area contributed by atoms with Gasteiger partial charge in [0.1, 0.15) is 12.2 Å². The van der Waals surface area contributed by atoms with Gasteiger partial charge >= 0.3 is 0 Å². The average molecular weight is 695 g/mol. The van der Waals surface area contributed by atoms with E-state index in [-0.39, 0.29) is 49.3 Å². The van der Waals surface area contributed by atoms with Gasteiger partial charge in [-0.1, -0.05) is 0 Å². The molecule has 6 aliphatic rings. The Morgan fingerprint density at radius 3 is 2.33 bits per heavy atom. The van der Waals surface area contributed by atoms with E-state index in [0.717, 1.165) is 49.9 Å². The van der Waals surface area contributed by atoms with Gasteiger partial charge in [-0.25, -0.2) is 0 Å². The third-order valence-electron chi connectivity index (χ3n) is 10.2. The fourth-order valence-corrected chi connectivity index (χ4v) is 9.46. The van der Waals surface area contributed by atoms with Crippen molar-refractivity contribution in [2.24, 2.45) is 29.1 Å². The van der Waals surface area contributed by atoms with E-state index in [1.807, 2.05) is 4.90 Å². The lowest BCUT2D eigenvalue weighted by molar-refractivity contribution is -0.148. The summed E-state index contributed by atoms with van der Waals surface area (Å²) in [6.45, 7) is 0.396. The zero-order valence-corrected chi connectivity index (χ0v) is 26.4. The number of benzene rings is 1. The molecule has 0 aromatic heterocycles. The van der Waals surface area contributed by atoms with Crippen LogP contribution in [0.4, 0.5) is 0 Å². The number of ether oxygens (including phenoxy) is 2. The molecular weight excluding hydrogens is 651 g/mol. The summed E-state index contributed by atoms with van der Waals surface area (Å²) < 4.78 is 12.7. The van der Waals surface area contributed by atoms with Crippen molar-refractivity contribution in [3.63, 3.8) is 0 Å². The Balaban J connectivity index is 1.33. The van der Waals surface area contributed by atoms with Gasteiger partial charge in [0.05, 0.1) is 29.9 Å². The van der Waals surface area contributed by atoms with Crippen LogP contribution in [0.3, 0.4) is 0 Å². The number of aliphatic hydroxyl groups excluding tert-OH is 3. The van der Waals surface area contributed by atoms with E-state index in [0.29, 0.717) is 32.8 Å². The summed E-state index contributed by atoms with van der Waals surface area (Å²) in [5, 5.41) is 33.7. The lowest BCUT2D eigenvalue weighted by Crippen LogP contribution is -2.60. The predicted molar refractivity (Wildman–Crippen MR) is 164 cm³/mol. The summed E-state index contributed by atoms with van der Waals surface area (Å²) in [5.74, 6) is 2.76. The summed E-state index contributed by atoms with van der Waals surface area (Å²) in [6, 6.07) is 2.87. The largest absolute Gasteiger partial charge is 0.493 e. The molecule has 0 radical (unpaired) electrons. The van der Waals surface area contributed by atoms with Crippen molar-refractivity contribution in [2.75, 3.05) is 26.8 Å². The minimum Gasteiger partial charge on any atom is -0.493 e. The highest BCUT2D eigenvalue weighted by molar-refractivity contribution is 14.1. The minimum absolute atomic E-state index is 0.0184. The number of carbonyl (C=O) groups is 2. The normalized spacial score (nSPS) is 33.2. The quantitative estimate of drug-likeness (QED) is 0.262. The van der Waals surface area contributed by atoms with Crippen molar-refractivity contribution in [3.8, 4) is 11.5 Å². The molecule has 4 bridgehead atoms. The topological polar surface area (TPSA) is 129 Å². The SMILES string of the molecule is COc1cc(CO)cc(I)c1OC1C=C(C(=O)NCCO)CC(N(CC23CC4CC(CC(C4)C2)C3)C(=O)C2CC2)C1O. The van der Waals surface area contributed by atoms with Crippen LogP contribution >= 0.6 is 22.6 Å². The zero-order valence-electron chi connectivity index (χ0n) is 24.3. The van der Waals surface area contributed by atoms with Crippen LogP contribution in [0.1, 0.15) is 63.4 Å². The number of amides is 2. The summed E-state index contributed by atoms with van der Waals surface area (Å²) >= 11 is 2.11. The van der Waals surface area contributed by atoms with Crippen LogP contribution in [0.25, 0.3) is 0 Å². The van der Waals surface area contributed by atoms with Gasteiger partial charge in [0.2, 0.25) is 11.8 Å². The molecule has 230 valence electrons. The third kappa shape index (κ3) is 6.05. The fraction of sp³-hybridized carbons (Fsp3) is 0.688. The molecule has 5 saturated carbocycles. The number of aliphatic hydroxyl groups is 3. The molecular formula is C32H43IN2O7. The van der Waals surface area contributed by atoms with Crippen LogP contribution in [0.15, 0.2) is 23.8 Å². The third-order valence-corrected chi connectivity index (χ3v) is 11.0. The molecule has 0 saturated heterocycles. The Kier molecular flexibility index (Phi) is 8.79. The van der Waals surface area contributed by atoms with E-state index in [9.17, 15) is 24.9 Å². The standard InChI is InChI=1S/C32H43IN2O7/c1-41-27-10-21(16-37)9-24(33)29(27)42-26-12-23(30(39)34-4-5-36)11-25(28(26)38)35(31(40)22-2-3-22)17-32-13-18-6-19(14-32)8-20(7-18)15-32/h9-10,12,18-20,22,25-26,28,36-38H,2-8,11,13-17H2,1H3,(H,34,39). The molecule has 1 aromatic carbocycles. The summed E-state index contributed by atoms with van der Waals surface area (Å²) in [5.41, 5.74) is 1.18. The second-order valence-electron chi connectivity index (χ2n) is 13.4. The van der Waals surface area contributed by atoms with Crippen LogP contribution in [-0.4, -0.2) is 77.1 Å². The van der Waals surface area contributed by atoms with Gasteiger partial charge in [0.25, 0.3) is 0 Å². The van der Waals surface area contributed by atoms with Crippen molar-refractivity contribution in [3.05, 3.63) is 32.9 Å². The minimum atomic E-state index is -1.06. The van der Waals surface area contributed by atoms with Crippen molar-refractivity contribution >= 4 is 34.4 Å². The van der Waals surface area contributed by atoms with E-state index >= 15 is 0 Å². The molecule has 6 aliphatic carbocycles. The maximum atomic E-state index is 14.0. The second-order valence-corrected chi connectivity index (χ2v) is 14.6. The number of hydrogen-bond donors (Lipinski definition) is 4. The Morgan fingerprint density at radius 2 is 1.76 bits per heavy atom. The van der Waals surface area contributed by atoms with Gasteiger partial charge in [-0.05, 0) is 121 Å². The maximum Gasteiger partial charge on any atom is 0.247 e. The molecule has 9 nitrogen and oxygen atoms in total. The highest BCUT2D eigenvalue weighted by atomic mass is 127. The summed E-state index contributed by atoms with van der Waals surface area (Å²) in [7, 11) is 1.52. The van der Waals surface area contributed by atoms with Gasteiger partial charge in [0, 0.05) is 31.0 Å². The molecule has 5 fully saturated rings. The molecule has 1 aromatic rings. The smallest absolute Gasteiger partial charge is 0.247 e. The lowest BCUT2D eigenvalue weighted by Gasteiger charge is -2.58. The molecule has 7 rings (SSSR count).